The van der Waals surface area contributed by atoms with Crippen molar-refractivity contribution in [1.82, 2.24) is 9.62 Å². The first-order valence-electron chi connectivity index (χ1n) is 9.93. The molecule has 0 aliphatic carbocycles. The van der Waals surface area contributed by atoms with Crippen LogP contribution in [0.1, 0.15) is 36.9 Å². The van der Waals surface area contributed by atoms with Crippen molar-refractivity contribution in [2.45, 2.75) is 37.6 Å². The van der Waals surface area contributed by atoms with Gasteiger partial charge in [0.15, 0.2) is 0 Å². The normalized spacial score (nSPS) is 16.8. The van der Waals surface area contributed by atoms with Crippen molar-refractivity contribution < 1.29 is 17.9 Å². The molecule has 3 rings (SSSR count). The summed E-state index contributed by atoms with van der Waals surface area (Å²) in [5.41, 5.74) is 1.79. The number of ether oxygens (including phenoxy) is 1. The number of carbonyl (C=O) groups is 1. The second kappa shape index (κ2) is 9.49. The first-order valence-corrected chi connectivity index (χ1v) is 12.2. The highest BCUT2D eigenvalue weighted by Crippen LogP contribution is 2.28. The lowest BCUT2D eigenvalue weighted by Gasteiger charge is -2.31. The molecule has 1 heterocycles. The van der Waals surface area contributed by atoms with E-state index >= 15 is 0 Å². The molecule has 2 aromatic rings. The molecule has 1 amide bonds. The van der Waals surface area contributed by atoms with E-state index in [1.165, 1.54) is 4.31 Å². The minimum absolute atomic E-state index is 0.0279. The lowest BCUT2D eigenvalue weighted by molar-refractivity contribution is -0.126. The number of amides is 1. The molecule has 162 valence electrons. The number of methoxy groups -OCH3 is 1. The second-order valence-electron chi connectivity index (χ2n) is 7.60. The van der Waals surface area contributed by atoms with E-state index in [1.807, 2.05) is 38.1 Å². The van der Waals surface area contributed by atoms with Gasteiger partial charge in [-0.3, -0.25) is 4.79 Å². The molecule has 0 aromatic heterocycles. The van der Waals surface area contributed by atoms with Gasteiger partial charge in [-0.05, 0) is 68.1 Å². The number of aryl methyl sites for hydroxylation is 1. The lowest BCUT2D eigenvalue weighted by atomic mass is 9.96. The van der Waals surface area contributed by atoms with Crippen LogP contribution in [0.5, 0.6) is 5.75 Å². The molecular weight excluding hydrogens is 468 g/mol. The minimum Gasteiger partial charge on any atom is -0.496 e. The van der Waals surface area contributed by atoms with Crippen molar-refractivity contribution in [2.24, 2.45) is 5.92 Å². The molecule has 1 fully saturated rings. The third kappa shape index (κ3) is 5.04. The summed E-state index contributed by atoms with van der Waals surface area (Å²) in [6.45, 7) is 4.43. The summed E-state index contributed by atoms with van der Waals surface area (Å²) in [6.07, 6.45) is 1.01. The van der Waals surface area contributed by atoms with Gasteiger partial charge in [0.2, 0.25) is 15.9 Å². The number of halogens is 1. The van der Waals surface area contributed by atoms with Crippen LogP contribution in [0.4, 0.5) is 0 Å². The zero-order chi connectivity index (χ0) is 21.9. The van der Waals surface area contributed by atoms with Crippen LogP contribution in [0.15, 0.2) is 51.8 Å². The summed E-state index contributed by atoms with van der Waals surface area (Å²) >= 11 is 3.45. The lowest BCUT2D eigenvalue weighted by Crippen LogP contribution is -2.43. The number of piperidine rings is 1. The quantitative estimate of drug-likeness (QED) is 0.657. The minimum atomic E-state index is -3.59. The maximum atomic E-state index is 13.0. The van der Waals surface area contributed by atoms with E-state index < -0.39 is 10.0 Å². The predicted molar refractivity (Wildman–Crippen MR) is 120 cm³/mol. The molecule has 1 aliphatic rings. The second-order valence-corrected chi connectivity index (χ2v) is 10.4. The first-order chi connectivity index (χ1) is 14.2. The Hall–Kier alpha value is -1.90. The molecular formula is C22H27BrN2O4S. The monoisotopic (exact) mass is 494 g/mol. The van der Waals surface area contributed by atoms with E-state index in [2.05, 4.69) is 21.2 Å². The van der Waals surface area contributed by atoms with Crippen LogP contribution in [0, 0.1) is 12.8 Å². The first kappa shape index (κ1) is 22.8. The Bertz CT molecular complexity index is 1020. The van der Waals surface area contributed by atoms with Gasteiger partial charge in [0, 0.05) is 23.5 Å². The molecule has 1 unspecified atom stereocenters. The molecule has 0 radical (unpaired) electrons. The van der Waals surface area contributed by atoms with Gasteiger partial charge in [-0.25, -0.2) is 8.42 Å². The van der Waals surface area contributed by atoms with Crippen LogP contribution in [0.25, 0.3) is 0 Å². The SMILES string of the molecule is COc1ccc(S(=O)(=O)N2CCC(C(=O)NC(C)c3cccc(Br)c3)CC2)cc1C. The van der Waals surface area contributed by atoms with Gasteiger partial charge < -0.3 is 10.1 Å². The van der Waals surface area contributed by atoms with Crippen LogP contribution in [-0.4, -0.2) is 38.8 Å². The molecule has 0 bridgehead atoms. The van der Waals surface area contributed by atoms with Crippen molar-refractivity contribution >= 4 is 31.9 Å². The highest BCUT2D eigenvalue weighted by Gasteiger charge is 2.32. The highest BCUT2D eigenvalue weighted by molar-refractivity contribution is 9.10. The zero-order valence-corrected chi connectivity index (χ0v) is 19.8. The third-order valence-electron chi connectivity index (χ3n) is 5.54. The number of rotatable bonds is 6. The smallest absolute Gasteiger partial charge is 0.243 e. The number of nitrogens with zero attached hydrogens (tertiary/aromatic N) is 1. The maximum absolute atomic E-state index is 13.0. The van der Waals surface area contributed by atoms with Crippen LogP contribution < -0.4 is 10.1 Å². The molecule has 30 heavy (non-hydrogen) atoms. The van der Waals surface area contributed by atoms with Gasteiger partial charge in [-0.1, -0.05) is 28.1 Å². The van der Waals surface area contributed by atoms with Gasteiger partial charge in [-0.15, -0.1) is 0 Å². The van der Waals surface area contributed by atoms with Gasteiger partial charge in [0.05, 0.1) is 18.0 Å². The van der Waals surface area contributed by atoms with Gasteiger partial charge in [0.25, 0.3) is 0 Å². The number of sulfonamides is 1. The fourth-order valence-electron chi connectivity index (χ4n) is 3.71. The Labute approximate surface area is 186 Å². The molecule has 1 N–H and O–H groups in total. The Morgan fingerprint density at radius 1 is 1.20 bits per heavy atom. The van der Waals surface area contributed by atoms with E-state index in [9.17, 15) is 13.2 Å². The largest absolute Gasteiger partial charge is 0.496 e. The average molecular weight is 495 g/mol. The topological polar surface area (TPSA) is 75.7 Å². The number of hydrogen-bond donors (Lipinski definition) is 1. The van der Waals surface area contributed by atoms with Gasteiger partial charge in [-0.2, -0.15) is 4.31 Å². The fourth-order valence-corrected chi connectivity index (χ4v) is 5.68. The van der Waals surface area contributed by atoms with E-state index in [-0.39, 0.29) is 22.8 Å². The number of carbonyl (C=O) groups excluding carboxylic acids is 1. The Morgan fingerprint density at radius 3 is 2.50 bits per heavy atom. The van der Waals surface area contributed by atoms with Crippen LogP contribution in [0.3, 0.4) is 0 Å². The summed E-state index contributed by atoms with van der Waals surface area (Å²) in [4.78, 5) is 13.0. The number of nitrogens with one attached hydrogen (secondary N) is 1. The van der Waals surface area contributed by atoms with Crippen molar-refractivity contribution in [1.29, 1.82) is 0 Å². The van der Waals surface area contributed by atoms with Crippen molar-refractivity contribution in [3.8, 4) is 5.75 Å². The third-order valence-corrected chi connectivity index (χ3v) is 7.92. The molecule has 6 nitrogen and oxygen atoms in total. The van der Waals surface area contributed by atoms with Crippen molar-refractivity contribution in [2.75, 3.05) is 20.2 Å². The summed E-state index contributed by atoms with van der Waals surface area (Å²) < 4.78 is 33.6. The van der Waals surface area contributed by atoms with E-state index in [1.54, 1.807) is 25.3 Å². The van der Waals surface area contributed by atoms with Crippen molar-refractivity contribution in [3.63, 3.8) is 0 Å². The molecule has 8 heteroatoms. The Kier molecular flexibility index (Phi) is 7.21. The summed E-state index contributed by atoms with van der Waals surface area (Å²) in [7, 11) is -2.03. The van der Waals surface area contributed by atoms with E-state index in [0.717, 1.165) is 15.6 Å². The molecule has 1 atom stereocenters. The average Bonchev–Trinajstić information content (AvgIpc) is 2.73. The summed E-state index contributed by atoms with van der Waals surface area (Å²) in [5, 5.41) is 3.06. The van der Waals surface area contributed by atoms with E-state index in [4.69, 9.17) is 4.74 Å². The van der Waals surface area contributed by atoms with Crippen LogP contribution in [-0.2, 0) is 14.8 Å². The molecule has 2 aromatic carbocycles. The summed E-state index contributed by atoms with van der Waals surface area (Å²) in [5.74, 6) is 0.437. The summed E-state index contributed by atoms with van der Waals surface area (Å²) in [6, 6.07) is 12.6. The Balaban J connectivity index is 1.61. The highest BCUT2D eigenvalue weighted by atomic mass is 79.9. The van der Waals surface area contributed by atoms with Crippen LogP contribution in [0.2, 0.25) is 0 Å². The maximum Gasteiger partial charge on any atom is 0.243 e. The number of benzene rings is 2. The standard InChI is InChI=1S/C22H27BrN2O4S/c1-15-13-20(7-8-21(15)29-3)30(27,28)25-11-9-17(10-12-25)22(26)24-16(2)18-5-4-6-19(23)14-18/h4-8,13-14,16-17H,9-12H2,1-3H3,(H,24,26). The fraction of sp³-hybridized carbons (Fsp3) is 0.409. The molecule has 0 saturated carbocycles. The molecule has 1 saturated heterocycles. The van der Waals surface area contributed by atoms with E-state index in [0.29, 0.717) is 31.7 Å². The zero-order valence-electron chi connectivity index (χ0n) is 17.4. The van der Waals surface area contributed by atoms with Gasteiger partial charge >= 0.3 is 0 Å². The number of hydrogen-bond acceptors (Lipinski definition) is 4. The predicted octanol–water partition coefficient (Wildman–Crippen LogP) is 4.04. The van der Waals surface area contributed by atoms with Crippen LogP contribution >= 0.6 is 15.9 Å². The van der Waals surface area contributed by atoms with Crippen molar-refractivity contribution in [3.05, 3.63) is 58.1 Å². The molecule has 0 spiro atoms. The van der Waals surface area contributed by atoms with Gasteiger partial charge in [0.1, 0.15) is 5.75 Å². The Morgan fingerprint density at radius 2 is 1.90 bits per heavy atom. The molecule has 1 aliphatic heterocycles.